The van der Waals surface area contributed by atoms with Crippen LogP contribution in [0.2, 0.25) is 10.0 Å². The highest BCUT2D eigenvalue weighted by Crippen LogP contribution is 2.31. The summed E-state index contributed by atoms with van der Waals surface area (Å²) in [6.07, 6.45) is 2.27. The van der Waals surface area contributed by atoms with Gasteiger partial charge < -0.3 is 4.90 Å². The molecule has 0 unspecified atom stereocenters. The van der Waals surface area contributed by atoms with Gasteiger partial charge in [-0.2, -0.15) is 15.0 Å². The normalized spacial score (nSPS) is 11.0. The quantitative estimate of drug-likeness (QED) is 0.252. The number of nitrogens with one attached hydrogen (secondary N) is 1. The zero-order valence-electron chi connectivity index (χ0n) is 17.2. The third-order valence-corrected chi connectivity index (χ3v) is 6.75. The Morgan fingerprint density at radius 1 is 1.03 bits per heavy atom. The number of halogens is 2. The van der Waals surface area contributed by atoms with E-state index in [1.807, 2.05) is 17.5 Å². The Morgan fingerprint density at radius 3 is 2.53 bits per heavy atom. The number of thioether (sulfide) groups is 1. The van der Waals surface area contributed by atoms with Crippen molar-refractivity contribution in [2.45, 2.75) is 38.8 Å². The molecule has 3 aromatic rings. The van der Waals surface area contributed by atoms with Crippen LogP contribution in [0.25, 0.3) is 11.3 Å². The van der Waals surface area contributed by atoms with E-state index in [4.69, 9.17) is 23.2 Å². The monoisotopic (exact) mass is 482 g/mol. The van der Waals surface area contributed by atoms with Gasteiger partial charge in [0, 0.05) is 29.8 Å². The molecule has 160 valence electrons. The largest absolute Gasteiger partial charge is 0.341 e. The van der Waals surface area contributed by atoms with Crippen molar-refractivity contribution >= 4 is 63.3 Å². The molecule has 1 aromatic carbocycles. The van der Waals surface area contributed by atoms with Crippen LogP contribution in [0.5, 0.6) is 0 Å². The van der Waals surface area contributed by atoms with Gasteiger partial charge in [0.25, 0.3) is 0 Å². The Labute approximate surface area is 195 Å². The summed E-state index contributed by atoms with van der Waals surface area (Å²) >= 11 is 15.3. The first kappa shape index (κ1) is 23.1. The number of hydrogen-bond acceptors (Lipinski definition) is 8. The summed E-state index contributed by atoms with van der Waals surface area (Å²) in [7, 11) is 0. The van der Waals surface area contributed by atoms with Gasteiger partial charge in [-0.3, -0.25) is 5.32 Å². The van der Waals surface area contributed by atoms with E-state index >= 15 is 0 Å². The molecule has 0 aliphatic heterocycles. The third kappa shape index (κ3) is 5.97. The Kier molecular flexibility index (Phi) is 8.56. The molecule has 0 saturated carbocycles. The lowest BCUT2D eigenvalue weighted by Crippen LogP contribution is -2.25. The van der Waals surface area contributed by atoms with Crippen LogP contribution < -0.4 is 10.2 Å². The summed E-state index contributed by atoms with van der Waals surface area (Å²) in [4.78, 5) is 20.6. The second-order valence-corrected chi connectivity index (χ2v) is 9.14. The van der Waals surface area contributed by atoms with Crippen LogP contribution in [0.1, 0.15) is 33.6 Å². The van der Waals surface area contributed by atoms with Crippen molar-refractivity contribution in [2.24, 2.45) is 0 Å². The minimum absolute atomic E-state index is 0.501. The molecule has 1 N–H and O–H groups in total. The maximum absolute atomic E-state index is 6.14. The number of rotatable bonds is 10. The van der Waals surface area contributed by atoms with Gasteiger partial charge in [-0.05, 0) is 32.4 Å². The Morgan fingerprint density at radius 2 is 1.83 bits per heavy atom. The lowest BCUT2D eigenvalue weighted by atomic mass is 10.2. The first-order chi connectivity index (χ1) is 14.5. The molecule has 6 nitrogen and oxygen atoms in total. The molecule has 0 radical (unpaired) electrons. The molecule has 0 aliphatic carbocycles. The van der Waals surface area contributed by atoms with Crippen molar-refractivity contribution in [3.8, 4) is 11.3 Å². The van der Waals surface area contributed by atoms with Crippen molar-refractivity contribution in [1.82, 2.24) is 19.9 Å². The molecule has 3 rings (SSSR count). The Balaban J connectivity index is 1.84. The fourth-order valence-corrected chi connectivity index (χ4v) is 4.56. The molecule has 0 aliphatic rings. The van der Waals surface area contributed by atoms with Crippen LogP contribution in [0.4, 0.5) is 17.0 Å². The maximum Gasteiger partial charge on any atom is 0.234 e. The zero-order valence-corrected chi connectivity index (χ0v) is 20.3. The van der Waals surface area contributed by atoms with Gasteiger partial charge >= 0.3 is 0 Å². The molecule has 30 heavy (non-hydrogen) atoms. The predicted octanol–water partition coefficient (Wildman–Crippen LogP) is 6.78. The van der Waals surface area contributed by atoms with Crippen molar-refractivity contribution in [2.75, 3.05) is 29.1 Å². The highest BCUT2D eigenvalue weighted by molar-refractivity contribution is 7.99. The molecule has 0 saturated heterocycles. The van der Waals surface area contributed by atoms with Crippen LogP contribution >= 0.6 is 46.3 Å². The molecule has 0 fully saturated rings. The maximum atomic E-state index is 6.14. The minimum atomic E-state index is 0.501. The van der Waals surface area contributed by atoms with Crippen molar-refractivity contribution < 1.29 is 0 Å². The van der Waals surface area contributed by atoms with E-state index < -0.39 is 0 Å². The van der Waals surface area contributed by atoms with E-state index in [9.17, 15) is 0 Å². The number of nitrogens with zero attached hydrogens (tertiary/aromatic N) is 5. The van der Waals surface area contributed by atoms with Gasteiger partial charge in [0.2, 0.25) is 11.9 Å². The number of unbranched alkanes of at least 4 members (excludes halogenated alkanes) is 1. The van der Waals surface area contributed by atoms with E-state index in [0.717, 1.165) is 48.1 Å². The fraction of sp³-hybridized carbons (Fsp3) is 0.400. The molecule has 0 spiro atoms. The number of thiazole rings is 1. The number of aromatic nitrogens is 4. The standard InChI is InChI=1S/C20H24Cl2N6S2/c1-4-7-10-29-20-26-17(24-18(27-20)28(5-2)6-3)25-19-23-16(12-30-19)13-8-9-14(21)15(22)11-13/h8-9,11-12H,4-7,10H2,1-3H3,(H,23,24,25,26,27). The first-order valence-electron chi connectivity index (χ1n) is 9.85. The fourth-order valence-electron chi connectivity index (χ4n) is 2.64. The van der Waals surface area contributed by atoms with Crippen LogP contribution in [-0.4, -0.2) is 38.8 Å². The first-order valence-corrected chi connectivity index (χ1v) is 12.5. The second kappa shape index (κ2) is 11.1. The molecule has 2 heterocycles. The number of anilines is 3. The summed E-state index contributed by atoms with van der Waals surface area (Å²) < 4.78 is 0. The van der Waals surface area contributed by atoms with Crippen molar-refractivity contribution in [3.05, 3.63) is 33.6 Å². The van der Waals surface area contributed by atoms with E-state index in [1.54, 1.807) is 17.8 Å². The van der Waals surface area contributed by atoms with Crippen LogP contribution in [-0.2, 0) is 0 Å². The summed E-state index contributed by atoms with van der Waals surface area (Å²) in [5, 5.41) is 7.67. The second-order valence-electron chi connectivity index (χ2n) is 6.41. The van der Waals surface area contributed by atoms with E-state index in [0.29, 0.717) is 27.1 Å². The van der Waals surface area contributed by atoms with Crippen molar-refractivity contribution in [3.63, 3.8) is 0 Å². The molecule has 0 bridgehead atoms. The Hall–Kier alpha value is -1.61. The van der Waals surface area contributed by atoms with E-state index in [2.05, 4.69) is 50.9 Å². The zero-order chi connectivity index (χ0) is 21.5. The molecule has 0 atom stereocenters. The van der Waals surface area contributed by atoms with Gasteiger partial charge in [-0.25, -0.2) is 4.98 Å². The molecular formula is C20H24Cl2N6S2. The number of benzene rings is 1. The predicted molar refractivity (Wildman–Crippen MR) is 130 cm³/mol. The summed E-state index contributed by atoms with van der Waals surface area (Å²) in [5.74, 6) is 2.16. The van der Waals surface area contributed by atoms with Gasteiger partial charge in [0.05, 0.1) is 15.7 Å². The lowest BCUT2D eigenvalue weighted by molar-refractivity contribution is 0.784. The van der Waals surface area contributed by atoms with Crippen LogP contribution in [0, 0.1) is 0 Å². The van der Waals surface area contributed by atoms with Crippen molar-refractivity contribution in [1.29, 1.82) is 0 Å². The summed E-state index contributed by atoms with van der Waals surface area (Å²) in [6.45, 7) is 8.02. The summed E-state index contributed by atoms with van der Waals surface area (Å²) in [5.41, 5.74) is 1.72. The molecule has 0 amide bonds. The smallest absolute Gasteiger partial charge is 0.234 e. The number of hydrogen-bond donors (Lipinski definition) is 1. The summed E-state index contributed by atoms with van der Waals surface area (Å²) in [6, 6.07) is 5.48. The lowest BCUT2D eigenvalue weighted by Gasteiger charge is -2.19. The van der Waals surface area contributed by atoms with Gasteiger partial charge in [0.1, 0.15) is 0 Å². The van der Waals surface area contributed by atoms with Crippen LogP contribution in [0.15, 0.2) is 28.7 Å². The average Bonchev–Trinajstić information content (AvgIpc) is 3.19. The molecule has 2 aromatic heterocycles. The minimum Gasteiger partial charge on any atom is -0.341 e. The third-order valence-electron chi connectivity index (χ3n) is 4.32. The molecular weight excluding hydrogens is 459 g/mol. The van der Waals surface area contributed by atoms with E-state index in [-0.39, 0.29) is 0 Å². The van der Waals surface area contributed by atoms with Crippen LogP contribution in [0.3, 0.4) is 0 Å². The van der Waals surface area contributed by atoms with Gasteiger partial charge in [-0.1, -0.05) is 54.4 Å². The highest BCUT2D eigenvalue weighted by atomic mass is 35.5. The molecule has 10 heteroatoms. The van der Waals surface area contributed by atoms with E-state index in [1.165, 1.54) is 11.3 Å². The Bertz CT molecular complexity index is 978. The average molecular weight is 483 g/mol. The highest BCUT2D eigenvalue weighted by Gasteiger charge is 2.14. The topological polar surface area (TPSA) is 66.8 Å². The van der Waals surface area contributed by atoms with Gasteiger partial charge in [0.15, 0.2) is 10.3 Å². The SMILES string of the molecule is CCCCSc1nc(Nc2nc(-c3ccc(Cl)c(Cl)c3)cs2)nc(N(CC)CC)n1. The van der Waals surface area contributed by atoms with Gasteiger partial charge in [-0.15, -0.1) is 11.3 Å².